The largest absolute Gasteiger partial charge is 0.497 e. The maximum Gasteiger partial charge on any atom is 0.407 e. The molecule has 0 radical (unpaired) electrons. The lowest BCUT2D eigenvalue weighted by molar-refractivity contribution is -0.158. The highest BCUT2D eigenvalue weighted by Crippen LogP contribution is 2.52. The Bertz CT molecular complexity index is 3110. The maximum absolute atomic E-state index is 14.0. The number of hydrogen-bond donors (Lipinski definition) is 2. The molecule has 1 saturated heterocycles. The lowest BCUT2D eigenvalue weighted by Crippen LogP contribution is -2.48. The number of ether oxygens (including phenoxy) is 5. The molecule has 1 amide bonds. The molecule has 18 nitrogen and oxygen atoms in total. The van der Waals surface area contributed by atoms with E-state index in [1.165, 1.54) is 16.8 Å². The summed E-state index contributed by atoms with van der Waals surface area (Å²) < 4.78 is 48.6. The summed E-state index contributed by atoms with van der Waals surface area (Å²) in [7, 11) is 1.31. The fourth-order valence-corrected chi connectivity index (χ4v) is 12.1. The van der Waals surface area contributed by atoms with E-state index in [2.05, 4.69) is 31.0 Å². The molecule has 1 fully saturated rings. The number of aromatic nitrogens is 5. The van der Waals surface area contributed by atoms with Crippen molar-refractivity contribution < 1.29 is 37.5 Å². The molecule has 1 aliphatic rings. The first kappa shape index (κ1) is 57.9. The van der Waals surface area contributed by atoms with Crippen LogP contribution in [0.4, 0.5) is 4.79 Å². The molecule has 412 valence electrons. The number of alkyl carbamates (subject to hydrolysis) is 1. The van der Waals surface area contributed by atoms with Crippen molar-refractivity contribution in [1.82, 2.24) is 34.5 Å². The molecular formula is C59H65N8O10PS. The minimum atomic E-state index is -1.89. The molecule has 1 unspecified atom stereocenters. The van der Waals surface area contributed by atoms with Crippen molar-refractivity contribution in [2.24, 2.45) is 0 Å². The van der Waals surface area contributed by atoms with E-state index in [0.29, 0.717) is 35.1 Å². The Hall–Kier alpha value is -7.27. The molecule has 2 N–H and O–H groups in total. The number of thioether (sulfide) groups is 1. The lowest BCUT2D eigenvalue weighted by Gasteiger charge is -2.39. The van der Waals surface area contributed by atoms with Crippen LogP contribution in [0.3, 0.4) is 0 Å². The normalized spacial score (nSPS) is 16.7. The zero-order chi connectivity index (χ0) is 55.8. The fraction of sp³-hybridized carbons (Fsp3) is 0.339. The molecule has 8 rings (SSSR count). The van der Waals surface area contributed by atoms with E-state index in [-0.39, 0.29) is 44.7 Å². The number of aromatic amines is 1. The molecule has 0 spiro atoms. The van der Waals surface area contributed by atoms with Crippen molar-refractivity contribution in [2.75, 3.05) is 46.3 Å². The molecule has 20 heteroatoms. The molecular weight excluding hydrogens is 1040 g/mol. The zero-order valence-electron chi connectivity index (χ0n) is 45.0. The van der Waals surface area contributed by atoms with Gasteiger partial charge in [-0.15, -0.1) is 11.8 Å². The van der Waals surface area contributed by atoms with Gasteiger partial charge in [0.1, 0.15) is 29.8 Å². The number of carbonyl (C=O) groups is 1. The van der Waals surface area contributed by atoms with Crippen LogP contribution in [0.2, 0.25) is 0 Å². The average molecular weight is 1110 g/mol. The van der Waals surface area contributed by atoms with Crippen molar-refractivity contribution in [3.8, 4) is 40.3 Å². The van der Waals surface area contributed by atoms with Crippen LogP contribution in [-0.2, 0) is 34.6 Å². The second kappa shape index (κ2) is 27.5. The SMILES string of the molecule is COc1ccc(C(OC[C@H]2O[C@@](COC(=O)NCCCSc3cc(-c4ccccn4)nc(-c4ccccn4)c3)(n3ccc(=O)[nH]c3=O)C[C@@H]2OP(OCCC#N)N(C(C)C)C(C)C)(c2ccccc2)c2ccc(OC)cc2)cc1. The molecule has 0 saturated carbocycles. The van der Waals surface area contributed by atoms with E-state index in [4.69, 9.17) is 37.7 Å². The first-order chi connectivity index (χ1) is 38.4. The van der Waals surface area contributed by atoms with Crippen LogP contribution >= 0.6 is 20.3 Å². The number of methoxy groups -OCH3 is 2. The van der Waals surface area contributed by atoms with Crippen LogP contribution in [0.25, 0.3) is 22.8 Å². The van der Waals surface area contributed by atoms with Crippen LogP contribution in [0.5, 0.6) is 11.5 Å². The second-order valence-electron chi connectivity index (χ2n) is 19.0. The standard InChI is InChI=1S/C59H65N8O10PS/c1-41(2)67(42(3)4)78(75-34-14-29-60)77-53-38-58(66-33-28-55(68)65-56(66)69,40-73-57(70)63-32-15-35-79-48-36-51(49-18-10-12-30-61-49)64-52(37-48)50-19-11-13-31-62-50)76-54(53)39-74-59(43-16-8-7-9-17-43,44-20-24-46(71-5)25-21-44)45-22-26-47(72-6)27-23-45/h7-13,16-28,30-31,33,36-37,41-42,53-54H,14-15,32,34-35,38-40H2,1-6H3,(H,63,70)(H,65,68,69)/t53-,54+,58-,78?/m0/s1. The zero-order valence-corrected chi connectivity index (χ0v) is 46.7. The molecule has 7 aromatic rings. The van der Waals surface area contributed by atoms with Crippen molar-refractivity contribution in [3.05, 3.63) is 190 Å². The predicted molar refractivity (Wildman–Crippen MR) is 303 cm³/mol. The number of carbonyl (C=O) groups excluding carboxylic acids is 1. The predicted octanol–water partition coefficient (Wildman–Crippen LogP) is 10.1. The third kappa shape index (κ3) is 14.3. The van der Waals surface area contributed by atoms with E-state index >= 15 is 0 Å². The van der Waals surface area contributed by atoms with Crippen LogP contribution < -0.4 is 26.0 Å². The van der Waals surface area contributed by atoms with E-state index < -0.39 is 56.0 Å². The molecule has 0 aliphatic carbocycles. The van der Waals surface area contributed by atoms with Gasteiger partial charge in [-0.1, -0.05) is 66.7 Å². The van der Waals surface area contributed by atoms with Gasteiger partial charge in [0, 0.05) is 54.6 Å². The van der Waals surface area contributed by atoms with Crippen LogP contribution in [-0.4, -0.2) is 106 Å². The highest BCUT2D eigenvalue weighted by atomic mass is 32.2. The van der Waals surface area contributed by atoms with Gasteiger partial charge < -0.3 is 38.0 Å². The summed E-state index contributed by atoms with van der Waals surface area (Å²) >= 11 is 1.60. The monoisotopic (exact) mass is 1110 g/mol. The Morgan fingerprint density at radius 1 is 0.848 bits per heavy atom. The topological polar surface area (TPSA) is 214 Å². The second-order valence-corrected chi connectivity index (χ2v) is 21.6. The Morgan fingerprint density at radius 3 is 1.99 bits per heavy atom. The minimum Gasteiger partial charge on any atom is -0.497 e. The van der Waals surface area contributed by atoms with Crippen LogP contribution in [0, 0.1) is 11.3 Å². The molecule has 0 bridgehead atoms. The Kier molecular flexibility index (Phi) is 20.2. The number of nitrogens with one attached hydrogen (secondary N) is 2. The Labute approximate surface area is 465 Å². The van der Waals surface area contributed by atoms with Crippen LogP contribution in [0.15, 0.2) is 167 Å². The summed E-state index contributed by atoms with van der Waals surface area (Å²) in [6.45, 7) is 7.84. The van der Waals surface area contributed by atoms with E-state index in [1.807, 2.05) is 155 Å². The number of amides is 1. The molecule has 5 heterocycles. The minimum absolute atomic E-state index is 0.0593. The summed E-state index contributed by atoms with van der Waals surface area (Å²) in [6, 6.07) is 43.6. The van der Waals surface area contributed by atoms with E-state index in [9.17, 15) is 19.6 Å². The number of benzene rings is 3. The van der Waals surface area contributed by atoms with Gasteiger partial charge in [-0.3, -0.25) is 24.3 Å². The molecule has 3 aromatic carbocycles. The van der Waals surface area contributed by atoms with Crippen molar-refractivity contribution in [1.29, 1.82) is 5.26 Å². The first-order valence-corrected chi connectivity index (χ1v) is 28.1. The number of nitrogens with zero attached hydrogens (tertiary/aromatic N) is 6. The van der Waals surface area contributed by atoms with Gasteiger partial charge in [0.2, 0.25) is 0 Å². The summed E-state index contributed by atoms with van der Waals surface area (Å²) in [5.41, 5.74) is 0.736. The van der Waals surface area contributed by atoms with Crippen molar-refractivity contribution in [2.45, 2.75) is 87.5 Å². The summed E-state index contributed by atoms with van der Waals surface area (Å²) in [6.07, 6.45) is 2.75. The van der Waals surface area contributed by atoms with Gasteiger partial charge in [-0.25, -0.2) is 19.2 Å². The number of pyridine rings is 3. The van der Waals surface area contributed by atoms with Gasteiger partial charge in [0.15, 0.2) is 5.72 Å². The average Bonchev–Trinajstić information content (AvgIpc) is 3.87. The third-order valence-electron chi connectivity index (χ3n) is 13.0. The van der Waals surface area contributed by atoms with E-state index in [1.54, 1.807) is 38.4 Å². The summed E-state index contributed by atoms with van der Waals surface area (Å²) in [5.74, 6) is 1.93. The molecule has 4 aromatic heterocycles. The summed E-state index contributed by atoms with van der Waals surface area (Å²) in [5, 5.41) is 12.4. The Morgan fingerprint density at radius 2 is 1.44 bits per heavy atom. The van der Waals surface area contributed by atoms with Gasteiger partial charge in [-0.05, 0) is 117 Å². The lowest BCUT2D eigenvalue weighted by atomic mass is 9.80. The van der Waals surface area contributed by atoms with Crippen molar-refractivity contribution >= 4 is 26.4 Å². The highest BCUT2D eigenvalue weighted by molar-refractivity contribution is 7.99. The molecule has 4 atom stereocenters. The van der Waals surface area contributed by atoms with E-state index in [0.717, 1.165) is 33.0 Å². The molecule has 79 heavy (non-hydrogen) atoms. The Balaban J connectivity index is 1.09. The van der Waals surface area contributed by atoms with Crippen molar-refractivity contribution in [3.63, 3.8) is 0 Å². The first-order valence-electron chi connectivity index (χ1n) is 26.0. The highest BCUT2D eigenvalue weighted by Gasteiger charge is 2.53. The maximum atomic E-state index is 14.0. The van der Waals surface area contributed by atoms with Gasteiger partial charge in [0.25, 0.3) is 14.1 Å². The molecule has 1 aliphatic heterocycles. The number of H-pyrrole nitrogens is 1. The fourth-order valence-electron chi connectivity index (χ4n) is 9.41. The number of nitriles is 1. The third-order valence-corrected chi connectivity index (χ3v) is 16.3. The van der Waals surface area contributed by atoms with Crippen LogP contribution in [0.1, 0.15) is 63.6 Å². The summed E-state index contributed by atoms with van der Waals surface area (Å²) in [4.78, 5) is 57.7. The van der Waals surface area contributed by atoms with Gasteiger partial charge in [-0.2, -0.15) is 5.26 Å². The van der Waals surface area contributed by atoms with Gasteiger partial charge >= 0.3 is 11.8 Å². The number of rotatable bonds is 26. The quantitative estimate of drug-likeness (QED) is 0.0223. The number of hydrogen-bond acceptors (Lipinski definition) is 16. The smallest absolute Gasteiger partial charge is 0.407 e. The van der Waals surface area contributed by atoms with Gasteiger partial charge in [0.05, 0.1) is 68.8 Å².